The zero-order chi connectivity index (χ0) is 17.1. The summed E-state index contributed by atoms with van der Waals surface area (Å²) in [7, 11) is 0. The molecule has 0 amide bonds. The number of nitro groups is 1. The van der Waals surface area contributed by atoms with E-state index in [0.717, 1.165) is 22.8 Å². The van der Waals surface area contributed by atoms with Crippen LogP contribution in [0.3, 0.4) is 0 Å². The van der Waals surface area contributed by atoms with Gasteiger partial charge >= 0.3 is 5.69 Å². The van der Waals surface area contributed by atoms with Crippen molar-refractivity contribution in [3.63, 3.8) is 0 Å². The largest absolute Gasteiger partial charge is 0.489 e. The molecule has 1 N–H and O–H groups in total. The van der Waals surface area contributed by atoms with Crippen molar-refractivity contribution in [2.24, 2.45) is 0 Å². The van der Waals surface area contributed by atoms with E-state index in [1.54, 1.807) is 6.07 Å². The predicted octanol–water partition coefficient (Wildman–Crippen LogP) is 2.09. The molecule has 0 aliphatic carbocycles. The normalized spacial score (nSPS) is 12.2. The van der Waals surface area contributed by atoms with Gasteiger partial charge in [0.25, 0.3) is 0 Å². The van der Waals surface area contributed by atoms with Gasteiger partial charge in [0.2, 0.25) is 0 Å². The number of benzene rings is 1. The first kappa shape index (κ1) is 15.9. The third-order valence-corrected chi connectivity index (χ3v) is 3.48. The van der Waals surface area contributed by atoms with E-state index in [2.05, 4.69) is 10.1 Å². The molecule has 0 saturated carbocycles. The summed E-state index contributed by atoms with van der Waals surface area (Å²) in [6.45, 7) is 2.03. The van der Waals surface area contributed by atoms with Crippen LogP contribution in [0.4, 0.5) is 5.69 Å². The Bertz CT molecular complexity index is 877. The second-order valence-corrected chi connectivity index (χ2v) is 5.42. The number of fused-ring (bicyclic) bond motifs is 1. The summed E-state index contributed by atoms with van der Waals surface area (Å²) in [5.74, 6) is 0.585. The van der Waals surface area contributed by atoms with Crippen molar-refractivity contribution in [3.05, 3.63) is 58.5 Å². The summed E-state index contributed by atoms with van der Waals surface area (Å²) < 4.78 is 6.99. The molecule has 0 aliphatic heterocycles. The van der Waals surface area contributed by atoms with Crippen molar-refractivity contribution in [3.8, 4) is 5.75 Å². The third-order valence-electron chi connectivity index (χ3n) is 3.48. The monoisotopic (exact) mass is 328 g/mol. The van der Waals surface area contributed by atoms with Crippen molar-refractivity contribution in [1.29, 1.82) is 0 Å². The summed E-state index contributed by atoms with van der Waals surface area (Å²) in [6.07, 6.45) is 1.56. The fraction of sp³-hybridized carbons (Fsp3) is 0.250. The van der Waals surface area contributed by atoms with Gasteiger partial charge in [-0.25, -0.2) is 4.98 Å². The maximum Gasteiger partial charge on any atom is 0.306 e. The second kappa shape index (κ2) is 6.63. The number of aliphatic hydroxyl groups is 1. The molecule has 0 spiro atoms. The maximum absolute atomic E-state index is 10.6. The molecule has 1 atom stereocenters. The van der Waals surface area contributed by atoms with Crippen LogP contribution in [0.15, 0.2) is 42.7 Å². The van der Waals surface area contributed by atoms with Gasteiger partial charge in [0, 0.05) is 11.1 Å². The number of para-hydroxylation sites is 1. The van der Waals surface area contributed by atoms with Gasteiger partial charge < -0.3 is 9.84 Å². The summed E-state index contributed by atoms with van der Waals surface area (Å²) in [5.41, 5.74) is 1.50. The minimum absolute atomic E-state index is 0.0302. The van der Waals surface area contributed by atoms with Crippen LogP contribution in [0.25, 0.3) is 10.9 Å². The molecule has 3 rings (SSSR count). The van der Waals surface area contributed by atoms with Crippen molar-refractivity contribution in [1.82, 2.24) is 14.8 Å². The fourth-order valence-electron chi connectivity index (χ4n) is 2.34. The number of aryl methyl sites for hydroxylation is 1. The minimum atomic E-state index is -0.857. The molecular weight excluding hydrogens is 312 g/mol. The lowest BCUT2D eigenvalue weighted by molar-refractivity contribution is -0.385. The highest BCUT2D eigenvalue weighted by atomic mass is 16.6. The molecule has 2 aromatic heterocycles. The number of pyridine rings is 1. The van der Waals surface area contributed by atoms with Crippen LogP contribution in [-0.4, -0.2) is 37.5 Å². The molecule has 0 saturated heterocycles. The van der Waals surface area contributed by atoms with E-state index in [-0.39, 0.29) is 18.8 Å². The molecule has 0 bridgehead atoms. The van der Waals surface area contributed by atoms with Crippen molar-refractivity contribution < 1.29 is 14.8 Å². The van der Waals surface area contributed by atoms with Crippen LogP contribution in [0.1, 0.15) is 5.69 Å². The second-order valence-electron chi connectivity index (χ2n) is 5.42. The summed E-state index contributed by atoms with van der Waals surface area (Å²) in [5, 5.41) is 25.5. The Kier molecular flexibility index (Phi) is 4.39. The molecule has 1 aromatic carbocycles. The number of nitrogens with zero attached hydrogens (tertiary/aromatic N) is 4. The lowest BCUT2D eigenvalue weighted by Crippen LogP contribution is -2.23. The SMILES string of the molecule is Cc1ccc2cccc(OC[C@H](O)Cn3cc([N+](=O)[O-])cn3)c2n1. The van der Waals surface area contributed by atoms with Gasteiger partial charge in [-0.05, 0) is 19.1 Å². The molecule has 0 aliphatic rings. The standard InChI is InChI=1S/C16H16N4O4/c1-11-5-6-12-3-2-4-15(16(12)18-11)24-10-14(21)9-19-8-13(7-17-19)20(22)23/h2-8,14,21H,9-10H2,1H3/t14-/m1/s1. The van der Waals surface area contributed by atoms with Crippen LogP contribution < -0.4 is 4.74 Å². The van der Waals surface area contributed by atoms with E-state index in [1.165, 1.54) is 10.9 Å². The first-order chi connectivity index (χ1) is 11.5. The molecule has 3 aromatic rings. The highest BCUT2D eigenvalue weighted by Crippen LogP contribution is 2.24. The van der Waals surface area contributed by atoms with Crippen LogP contribution in [0.5, 0.6) is 5.75 Å². The quantitative estimate of drug-likeness (QED) is 0.549. The first-order valence-corrected chi connectivity index (χ1v) is 7.37. The van der Waals surface area contributed by atoms with E-state index in [9.17, 15) is 15.2 Å². The van der Waals surface area contributed by atoms with Crippen LogP contribution in [0.2, 0.25) is 0 Å². The van der Waals surface area contributed by atoms with E-state index in [1.807, 2.05) is 31.2 Å². The number of hydrogen-bond acceptors (Lipinski definition) is 6. The van der Waals surface area contributed by atoms with E-state index in [4.69, 9.17) is 4.74 Å². The Morgan fingerprint density at radius 3 is 2.96 bits per heavy atom. The molecule has 124 valence electrons. The number of hydrogen-bond donors (Lipinski definition) is 1. The fourth-order valence-corrected chi connectivity index (χ4v) is 2.34. The third kappa shape index (κ3) is 3.49. The van der Waals surface area contributed by atoms with E-state index >= 15 is 0 Å². The predicted molar refractivity (Wildman–Crippen MR) is 86.9 cm³/mol. The minimum Gasteiger partial charge on any atom is -0.489 e. The Hall–Kier alpha value is -3.00. The Balaban J connectivity index is 1.66. The number of rotatable bonds is 6. The smallest absolute Gasteiger partial charge is 0.306 e. The van der Waals surface area contributed by atoms with Gasteiger partial charge in [0.1, 0.15) is 36.4 Å². The summed E-state index contributed by atoms with van der Waals surface area (Å²) in [4.78, 5) is 14.6. The lowest BCUT2D eigenvalue weighted by atomic mass is 10.2. The summed E-state index contributed by atoms with van der Waals surface area (Å²) in [6, 6.07) is 9.47. The van der Waals surface area contributed by atoms with Gasteiger partial charge in [0.15, 0.2) is 0 Å². The topological polar surface area (TPSA) is 103 Å². The molecule has 0 radical (unpaired) electrons. The highest BCUT2D eigenvalue weighted by molar-refractivity contribution is 5.84. The zero-order valence-corrected chi connectivity index (χ0v) is 13.0. The zero-order valence-electron chi connectivity index (χ0n) is 13.0. The summed E-state index contributed by atoms with van der Waals surface area (Å²) >= 11 is 0. The van der Waals surface area contributed by atoms with Crippen LogP contribution in [-0.2, 0) is 6.54 Å². The molecule has 0 fully saturated rings. The average molecular weight is 328 g/mol. The van der Waals surface area contributed by atoms with Gasteiger partial charge in [-0.3, -0.25) is 14.8 Å². The maximum atomic E-state index is 10.6. The highest BCUT2D eigenvalue weighted by Gasteiger charge is 2.13. The van der Waals surface area contributed by atoms with Crippen molar-refractivity contribution >= 4 is 16.6 Å². The van der Waals surface area contributed by atoms with Crippen LogP contribution in [0, 0.1) is 17.0 Å². The number of aromatic nitrogens is 3. The molecule has 8 heteroatoms. The first-order valence-electron chi connectivity index (χ1n) is 7.37. The van der Waals surface area contributed by atoms with Crippen molar-refractivity contribution in [2.45, 2.75) is 19.6 Å². The number of ether oxygens (including phenoxy) is 1. The Morgan fingerprint density at radius 1 is 1.38 bits per heavy atom. The molecule has 2 heterocycles. The Morgan fingerprint density at radius 2 is 2.21 bits per heavy atom. The van der Waals surface area contributed by atoms with Crippen LogP contribution >= 0.6 is 0 Å². The Labute approximate surface area is 137 Å². The molecular formula is C16H16N4O4. The molecule has 0 unspecified atom stereocenters. The molecule has 24 heavy (non-hydrogen) atoms. The van der Waals surface area contributed by atoms with E-state index < -0.39 is 11.0 Å². The van der Waals surface area contributed by atoms with Crippen molar-refractivity contribution in [2.75, 3.05) is 6.61 Å². The van der Waals surface area contributed by atoms with E-state index in [0.29, 0.717) is 5.75 Å². The van der Waals surface area contributed by atoms with Gasteiger partial charge in [0.05, 0.1) is 11.5 Å². The number of aliphatic hydroxyl groups excluding tert-OH is 1. The van der Waals surface area contributed by atoms with Gasteiger partial charge in [-0.2, -0.15) is 5.10 Å². The van der Waals surface area contributed by atoms with Gasteiger partial charge in [-0.15, -0.1) is 0 Å². The lowest BCUT2D eigenvalue weighted by Gasteiger charge is -2.13. The average Bonchev–Trinajstić information content (AvgIpc) is 3.01. The molecule has 8 nitrogen and oxygen atoms in total. The van der Waals surface area contributed by atoms with Gasteiger partial charge in [-0.1, -0.05) is 18.2 Å².